The Hall–Kier alpha value is -6.26. The highest BCUT2D eigenvalue weighted by Crippen LogP contribution is 2.32. The monoisotopic (exact) mass is 792 g/mol. The number of rotatable bonds is 10. The minimum Gasteiger partial charge on any atom is -0.453 e. The van der Waals surface area contributed by atoms with Gasteiger partial charge in [0.2, 0.25) is 11.8 Å². The van der Waals surface area contributed by atoms with Gasteiger partial charge in [-0.2, -0.15) is 0 Å². The van der Waals surface area contributed by atoms with E-state index in [1.807, 2.05) is 38.1 Å². The second-order valence-corrected chi connectivity index (χ2v) is 14.8. The first-order valence-corrected chi connectivity index (χ1v) is 19.2. The van der Waals surface area contributed by atoms with Crippen molar-refractivity contribution in [2.24, 2.45) is 5.92 Å². The van der Waals surface area contributed by atoms with Crippen LogP contribution in [0.15, 0.2) is 72.9 Å². The van der Waals surface area contributed by atoms with Crippen LogP contribution >= 0.6 is 0 Å². The van der Waals surface area contributed by atoms with Crippen LogP contribution in [0.25, 0.3) is 44.2 Å². The average Bonchev–Trinajstić information content (AvgIpc) is 3.91. The van der Waals surface area contributed by atoms with E-state index >= 15 is 0 Å². The molecule has 4 amide bonds. The van der Waals surface area contributed by atoms with Crippen molar-refractivity contribution < 1.29 is 38.1 Å². The molecule has 4 atom stereocenters. The van der Waals surface area contributed by atoms with Crippen molar-refractivity contribution in [3.05, 3.63) is 84.6 Å². The van der Waals surface area contributed by atoms with Crippen LogP contribution in [0.3, 0.4) is 0 Å². The van der Waals surface area contributed by atoms with Crippen LogP contribution in [0.1, 0.15) is 44.5 Å². The number of alkyl carbamates (subject to hydrolysis) is 2. The first-order chi connectivity index (χ1) is 27.9. The summed E-state index contributed by atoms with van der Waals surface area (Å²) in [6.07, 6.45) is 0.383. The molecule has 2 aliphatic heterocycles. The van der Waals surface area contributed by atoms with Crippen LogP contribution in [-0.2, 0) is 28.5 Å². The van der Waals surface area contributed by atoms with Crippen molar-refractivity contribution in [3.63, 3.8) is 0 Å². The van der Waals surface area contributed by atoms with Crippen molar-refractivity contribution in [1.29, 1.82) is 0 Å². The maximum atomic E-state index is 13.7. The molecule has 4 unspecified atom stereocenters. The topological polar surface area (TPSA) is 193 Å². The van der Waals surface area contributed by atoms with E-state index in [0.29, 0.717) is 43.5 Å². The minimum absolute atomic E-state index is 0.158. The highest BCUT2D eigenvalue weighted by Gasteiger charge is 2.38. The summed E-state index contributed by atoms with van der Waals surface area (Å²) in [5.74, 6) is 0.481. The smallest absolute Gasteiger partial charge is 0.407 e. The summed E-state index contributed by atoms with van der Waals surface area (Å²) in [7, 11) is 2.52. The third-order valence-electron chi connectivity index (χ3n) is 10.6. The number of carbonyl (C=O) groups is 4. The number of nitrogens with zero attached hydrogens (tertiary/aromatic N) is 4. The lowest BCUT2D eigenvalue weighted by atomic mass is 9.99. The predicted molar refractivity (Wildman–Crippen MR) is 215 cm³/mol. The largest absolute Gasteiger partial charge is 0.453 e. The van der Waals surface area contributed by atoms with E-state index in [1.165, 1.54) is 14.2 Å². The number of H-pyrrole nitrogens is 2. The van der Waals surface area contributed by atoms with Crippen LogP contribution in [-0.4, -0.2) is 120 Å². The van der Waals surface area contributed by atoms with E-state index in [0.717, 1.165) is 44.2 Å². The van der Waals surface area contributed by atoms with Gasteiger partial charge in [0.05, 0.1) is 63.6 Å². The number of morpholine rings is 2. The Morgan fingerprint density at radius 2 is 1.38 bits per heavy atom. The van der Waals surface area contributed by atoms with Gasteiger partial charge in [0.15, 0.2) is 0 Å². The van der Waals surface area contributed by atoms with Crippen molar-refractivity contribution in [1.82, 2.24) is 40.4 Å². The molecular weight excluding hydrogens is 745 g/mol. The molecule has 2 saturated heterocycles. The van der Waals surface area contributed by atoms with E-state index in [2.05, 4.69) is 62.5 Å². The number of aromatic nitrogens is 4. The first kappa shape index (κ1) is 40.0. The van der Waals surface area contributed by atoms with Crippen molar-refractivity contribution in [2.75, 3.05) is 53.7 Å². The zero-order chi connectivity index (χ0) is 41.1. The maximum Gasteiger partial charge on any atom is 0.407 e. The molecule has 2 fully saturated rings. The van der Waals surface area contributed by atoms with Gasteiger partial charge in [0, 0.05) is 18.7 Å². The number of benzene rings is 3. The van der Waals surface area contributed by atoms with Crippen molar-refractivity contribution in [3.8, 4) is 22.4 Å². The SMILES string of the molecule is C=C(C)C(NC(=O)OC)C(=O)N1CCOCC1c1nc2ccc(-c3ccc4cc(-c5cnc(C6COCCN6C(=O)C(NC(=O)OC)C(C)C)[nH]5)ccc4c3)cc2[nH]1. The fraction of sp³-hybridized carbons (Fsp3) is 0.381. The predicted octanol–water partition coefficient (Wildman–Crippen LogP) is 5.25. The van der Waals surface area contributed by atoms with Crippen LogP contribution in [0.5, 0.6) is 0 Å². The number of hydrogen-bond acceptors (Lipinski definition) is 10. The summed E-state index contributed by atoms with van der Waals surface area (Å²) in [5, 5.41) is 7.34. The minimum atomic E-state index is -0.952. The number of carbonyl (C=O) groups excluding carboxylic acids is 4. The number of amides is 4. The second-order valence-electron chi connectivity index (χ2n) is 14.8. The third kappa shape index (κ3) is 8.24. The molecule has 7 rings (SSSR count). The first-order valence-electron chi connectivity index (χ1n) is 19.2. The number of nitrogens with one attached hydrogen (secondary N) is 4. The summed E-state index contributed by atoms with van der Waals surface area (Å²) < 4.78 is 21.0. The quantitative estimate of drug-likeness (QED) is 0.136. The summed E-state index contributed by atoms with van der Waals surface area (Å²) in [6, 6.07) is 15.8. The number of hydrogen-bond donors (Lipinski definition) is 4. The fourth-order valence-electron chi connectivity index (χ4n) is 7.42. The van der Waals surface area contributed by atoms with Gasteiger partial charge in [-0.1, -0.05) is 50.8 Å². The van der Waals surface area contributed by atoms with Gasteiger partial charge in [0.1, 0.15) is 35.8 Å². The van der Waals surface area contributed by atoms with Crippen LogP contribution in [0.4, 0.5) is 9.59 Å². The zero-order valence-electron chi connectivity index (χ0n) is 33.2. The van der Waals surface area contributed by atoms with E-state index in [4.69, 9.17) is 23.9 Å². The summed E-state index contributed by atoms with van der Waals surface area (Å²) >= 11 is 0. The number of ether oxygens (including phenoxy) is 4. The fourth-order valence-corrected chi connectivity index (χ4v) is 7.42. The summed E-state index contributed by atoms with van der Waals surface area (Å²) in [6.45, 7) is 11.3. The number of fused-ring (bicyclic) bond motifs is 2. The lowest BCUT2D eigenvalue weighted by Gasteiger charge is -2.37. The lowest BCUT2D eigenvalue weighted by Crippen LogP contribution is -2.54. The highest BCUT2D eigenvalue weighted by molar-refractivity contribution is 5.92. The van der Waals surface area contributed by atoms with Gasteiger partial charge >= 0.3 is 12.2 Å². The van der Waals surface area contributed by atoms with E-state index in [-0.39, 0.29) is 30.9 Å². The molecule has 2 aromatic heterocycles. The van der Waals surface area contributed by atoms with Crippen molar-refractivity contribution in [2.45, 2.75) is 44.9 Å². The summed E-state index contributed by atoms with van der Waals surface area (Å²) in [5.41, 5.74) is 5.77. The highest BCUT2D eigenvalue weighted by atomic mass is 16.5. The Labute approximate surface area is 335 Å². The van der Waals surface area contributed by atoms with Crippen LogP contribution in [0, 0.1) is 5.92 Å². The summed E-state index contributed by atoms with van der Waals surface area (Å²) in [4.78, 5) is 71.1. The van der Waals surface area contributed by atoms with Crippen LogP contribution in [0.2, 0.25) is 0 Å². The molecule has 4 heterocycles. The second kappa shape index (κ2) is 17.1. The molecule has 3 aromatic carbocycles. The third-order valence-corrected chi connectivity index (χ3v) is 10.6. The molecule has 4 N–H and O–H groups in total. The standard InChI is InChI=1S/C42H48N8O8/c1-23(2)35(47-41(53)55-5)39(51)49-13-15-57-21-33(49)37-43-20-32(46-37)29-10-9-25-17-26(7-8-27(25)18-29)28-11-12-30-31(19-28)45-38(44-30)34-22-58-16-14-50(34)40(52)36(24(3)4)48-42(54)56-6/h7-12,17-20,23,33-36H,3,13-16,21-22H2,1-2,4-6H3,(H,43,46)(H,44,45)(H,47,53)(H,48,54). The van der Waals surface area contributed by atoms with E-state index in [1.54, 1.807) is 22.9 Å². The Morgan fingerprint density at radius 1 is 0.793 bits per heavy atom. The van der Waals surface area contributed by atoms with Gasteiger partial charge in [-0.3, -0.25) is 9.59 Å². The normalized spacial score (nSPS) is 18.2. The molecular formula is C42H48N8O8. The molecule has 0 saturated carbocycles. The molecule has 0 bridgehead atoms. The molecule has 5 aromatic rings. The Morgan fingerprint density at radius 3 is 2.03 bits per heavy atom. The van der Waals surface area contributed by atoms with Crippen LogP contribution < -0.4 is 10.6 Å². The van der Waals surface area contributed by atoms with E-state index in [9.17, 15) is 19.2 Å². The average molecular weight is 793 g/mol. The van der Waals surface area contributed by atoms with Gasteiger partial charge in [-0.15, -0.1) is 0 Å². The molecule has 2 aliphatic rings. The number of methoxy groups -OCH3 is 2. The van der Waals surface area contributed by atoms with Gasteiger partial charge in [0.25, 0.3) is 0 Å². The Balaban J connectivity index is 1.09. The molecule has 304 valence electrons. The lowest BCUT2D eigenvalue weighted by molar-refractivity contribution is -0.144. The zero-order valence-corrected chi connectivity index (χ0v) is 33.2. The number of aromatic amines is 2. The van der Waals surface area contributed by atoms with Gasteiger partial charge < -0.3 is 49.3 Å². The van der Waals surface area contributed by atoms with E-state index < -0.39 is 36.4 Å². The molecule has 0 radical (unpaired) electrons. The number of imidazole rings is 2. The molecule has 0 aliphatic carbocycles. The van der Waals surface area contributed by atoms with Crippen molar-refractivity contribution >= 4 is 45.8 Å². The molecule has 16 nitrogen and oxygen atoms in total. The van der Waals surface area contributed by atoms with Gasteiger partial charge in [-0.05, 0) is 64.6 Å². The Bertz CT molecular complexity index is 2350. The molecule has 16 heteroatoms. The maximum absolute atomic E-state index is 13.7. The molecule has 0 spiro atoms. The Kier molecular flexibility index (Phi) is 11.8. The molecule has 58 heavy (non-hydrogen) atoms. The van der Waals surface area contributed by atoms with Gasteiger partial charge in [-0.25, -0.2) is 19.6 Å².